The molecule has 3 heterocycles. The van der Waals surface area contributed by atoms with Gasteiger partial charge >= 0.3 is 0 Å². The third-order valence-electron chi connectivity index (χ3n) is 16.7. The number of allylic oxidation sites excluding steroid dienone is 1. The molecule has 10 aromatic rings. The molecule has 0 bridgehead atoms. The largest absolute Gasteiger partial charge is 0.454 e. The van der Waals surface area contributed by atoms with Crippen LogP contribution in [0.1, 0.15) is 115 Å². The molecule has 2 aliphatic carbocycles. The standard InChI is InChI=1S/C64H58BN2O/c1-9-18-37(2)39-27-28-54(45(31-39)38-19-11-10-12-20-38)67-58-49-35-51-52(63(5,6)30-29-62(51,3)4)36-50(49)64(7,8)61(58)65-56-47(34-48-42-23-15-16-26-55(42)68-60(48)59(56)67)44-25-17-24-43-46-32-40-21-13-14-22-41(40)33-53(46)66-57(43)44/h10-17,19-28,31-37,66H,9,18,29-30H2,1-8H3/t37-/m0/s1. The molecule has 68 heavy (non-hydrogen) atoms. The zero-order chi connectivity index (χ0) is 46.4. The summed E-state index contributed by atoms with van der Waals surface area (Å²) in [6, 6.07) is 55.0. The van der Waals surface area contributed by atoms with Crippen molar-refractivity contribution in [2.75, 3.05) is 4.90 Å². The summed E-state index contributed by atoms with van der Waals surface area (Å²) in [4.78, 5) is 6.65. The van der Waals surface area contributed by atoms with Gasteiger partial charge in [0.25, 0.3) is 0 Å². The number of hydrogen-bond donors (Lipinski definition) is 1. The number of hydrogen-bond acceptors (Lipinski definition) is 2. The number of benzene rings is 8. The zero-order valence-electron chi connectivity index (χ0n) is 40.7. The van der Waals surface area contributed by atoms with Gasteiger partial charge in [-0.2, -0.15) is 0 Å². The number of aromatic nitrogens is 1. The van der Waals surface area contributed by atoms with Crippen molar-refractivity contribution >= 4 is 84.3 Å². The second kappa shape index (κ2) is 14.6. The fraction of sp³-hybridized carbons (Fsp3) is 0.250. The molecule has 1 aliphatic heterocycles. The molecular formula is C64H58BN2O. The minimum absolute atomic E-state index is 0.0456. The Morgan fingerprint density at radius 2 is 1.32 bits per heavy atom. The number of aromatic amines is 1. The molecule has 0 spiro atoms. The highest BCUT2D eigenvalue weighted by Crippen LogP contribution is 2.58. The molecule has 1 radical (unpaired) electrons. The maximum atomic E-state index is 7.26. The summed E-state index contributed by atoms with van der Waals surface area (Å²) in [5.41, 5.74) is 21.9. The summed E-state index contributed by atoms with van der Waals surface area (Å²) >= 11 is 0. The number of nitrogens with one attached hydrogen (secondary N) is 1. The second-order valence-corrected chi connectivity index (χ2v) is 22.2. The average molecular weight is 882 g/mol. The smallest absolute Gasteiger partial charge is 0.193 e. The minimum Gasteiger partial charge on any atom is -0.454 e. The van der Waals surface area contributed by atoms with Crippen LogP contribution in [0, 0.1) is 0 Å². The Kier molecular flexibility index (Phi) is 8.90. The van der Waals surface area contributed by atoms with E-state index in [1.165, 1.54) is 100 Å². The number of anilines is 2. The first-order chi connectivity index (χ1) is 32.8. The van der Waals surface area contributed by atoms with Crippen LogP contribution < -0.4 is 10.4 Å². The number of fused-ring (bicyclic) bond motifs is 12. The molecular weight excluding hydrogens is 824 g/mol. The maximum Gasteiger partial charge on any atom is 0.193 e. The lowest BCUT2D eigenvalue weighted by molar-refractivity contribution is 0.331. The van der Waals surface area contributed by atoms with Crippen molar-refractivity contribution in [2.45, 2.75) is 103 Å². The molecule has 333 valence electrons. The molecule has 13 rings (SSSR count). The van der Waals surface area contributed by atoms with Crippen molar-refractivity contribution in [3.05, 3.63) is 179 Å². The fourth-order valence-electron chi connectivity index (χ4n) is 12.7. The molecule has 1 N–H and O–H groups in total. The first kappa shape index (κ1) is 41.4. The maximum absolute atomic E-state index is 7.26. The number of rotatable bonds is 6. The molecule has 4 heteroatoms. The highest BCUT2D eigenvalue weighted by Gasteiger charge is 2.48. The SMILES string of the molecule is CCC[C@H](C)c1ccc(N2C3=C([B]c4c(-c5cccc6c5[nH]c5cc7ccccc7cc56)cc5c(oc6ccccc65)c42)C(C)(C)c2cc4c(cc23)C(C)(C)CCC4(C)C)c(-c2ccccc2)c1. The Labute approximate surface area is 401 Å². The first-order valence-corrected chi connectivity index (χ1v) is 25.0. The number of para-hydroxylation sites is 2. The van der Waals surface area contributed by atoms with Gasteiger partial charge in [0.1, 0.15) is 5.58 Å². The summed E-state index contributed by atoms with van der Waals surface area (Å²) in [6.07, 6.45) is 4.62. The average Bonchev–Trinajstić information content (AvgIpc) is 3.98. The van der Waals surface area contributed by atoms with Crippen molar-refractivity contribution in [3.63, 3.8) is 0 Å². The summed E-state index contributed by atoms with van der Waals surface area (Å²) in [7, 11) is 2.56. The van der Waals surface area contributed by atoms with Crippen LogP contribution in [0.5, 0.6) is 0 Å². The van der Waals surface area contributed by atoms with Crippen molar-refractivity contribution in [2.24, 2.45) is 0 Å². The molecule has 0 amide bonds. The van der Waals surface area contributed by atoms with Gasteiger partial charge in [-0.25, -0.2) is 0 Å². The molecule has 0 fully saturated rings. The van der Waals surface area contributed by atoms with Crippen LogP contribution in [-0.2, 0) is 16.2 Å². The van der Waals surface area contributed by atoms with Gasteiger partial charge < -0.3 is 14.3 Å². The topological polar surface area (TPSA) is 32.2 Å². The predicted octanol–water partition coefficient (Wildman–Crippen LogP) is 17.1. The molecule has 1 atom stereocenters. The molecule has 3 aliphatic rings. The van der Waals surface area contributed by atoms with Gasteiger partial charge in [-0.1, -0.05) is 170 Å². The van der Waals surface area contributed by atoms with E-state index in [0.717, 1.165) is 57.9 Å². The second-order valence-electron chi connectivity index (χ2n) is 22.2. The lowest BCUT2D eigenvalue weighted by Crippen LogP contribution is -2.38. The zero-order valence-corrected chi connectivity index (χ0v) is 40.7. The third-order valence-corrected chi connectivity index (χ3v) is 16.7. The van der Waals surface area contributed by atoms with E-state index in [1.54, 1.807) is 0 Å². The van der Waals surface area contributed by atoms with Crippen LogP contribution >= 0.6 is 0 Å². The Bertz CT molecular complexity index is 3780. The van der Waals surface area contributed by atoms with E-state index in [9.17, 15) is 0 Å². The summed E-state index contributed by atoms with van der Waals surface area (Å²) in [6.45, 7) is 19.5. The van der Waals surface area contributed by atoms with Gasteiger partial charge in [0.2, 0.25) is 0 Å². The molecule has 0 saturated carbocycles. The minimum atomic E-state index is -0.302. The van der Waals surface area contributed by atoms with Gasteiger partial charge in [-0.05, 0) is 128 Å². The van der Waals surface area contributed by atoms with Gasteiger partial charge in [0, 0.05) is 54.9 Å². The van der Waals surface area contributed by atoms with Crippen LogP contribution in [0.3, 0.4) is 0 Å². The Balaban J connectivity index is 1.17. The first-order valence-electron chi connectivity index (χ1n) is 25.0. The lowest BCUT2D eigenvalue weighted by Gasteiger charge is -2.43. The predicted molar refractivity (Wildman–Crippen MR) is 290 cm³/mol. The highest BCUT2D eigenvalue weighted by molar-refractivity contribution is 6.69. The van der Waals surface area contributed by atoms with E-state index < -0.39 is 0 Å². The monoisotopic (exact) mass is 881 g/mol. The normalized spacial score (nSPS) is 17.1. The van der Waals surface area contributed by atoms with Gasteiger partial charge in [-0.15, -0.1) is 0 Å². The van der Waals surface area contributed by atoms with Crippen LogP contribution in [0.4, 0.5) is 11.4 Å². The van der Waals surface area contributed by atoms with Crippen LogP contribution in [0.15, 0.2) is 155 Å². The van der Waals surface area contributed by atoms with Crippen molar-refractivity contribution < 1.29 is 4.42 Å². The summed E-state index contributed by atoms with van der Waals surface area (Å²) in [5.74, 6) is 0.430. The number of furan rings is 1. The Morgan fingerprint density at radius 1 is 0.618 bits per heavy atom. The molecule has 8 aromatic carbocycles. The summed E-state index contributed by atoms with van der Waals surface area (Å²) < 4.78 is 7.26. The van der Waals surface area contributed by atoms with E-state index >= 15 is 0 Å². The summed E-state index contributed by atoms with van der Waals surface area (Å²) in [5, 5.41) is 7.20. The fourth-order valence-corrected chi connectivity index (χ4v) is 12.7. The van der Waals surface area contributed by atoms with E-state index in [2.05, 4.69) is 218 Å². The van der Waals surface area contributed by atoms with Crippen LogP contribution in [0.25, 0.3) is 82.5 Å². The van der Waals surface area contributed by atoms with Crippen LogP contribution in [-0.4, -0.2) is 12.3 Å². The van der Waals surface area contributed by atoms with Crippen LogP contribution in [0.2, 0.25) is 0 Å². The van der Waals surface area contributed by atoms with Crippen molar-refractivity contribution in [3.8, 4) is 22.3 Å². The molecule has 2 aromatic heterocycles. The van der Waals surface area contributed by atoms with E-state index in [-0.39, 0.29) is 16.2 Å². The lowest BCUT2D eigenvalue weighted by atomic mass is 9.52. The Hall–Kier alpha value is -6.78. The third kappa shape index (κ3) is 5.92. The van der Waals surface area contributed by atoms with Gasteiger partial charge in [0.15, 0.2) is 12.9 Å². The van der Waals surface area contributed by atoms with Gasteiger partial charge in [0.05, 0.1) is 16.9 Å². The van der Waals surface area contributed by atoms with E-state index in [0.29, 0.717) is 5.92 Å². The highest BCUT2D eigenvalue weighted by atomic mass is 16.3. The molecule has 0 saturated heterocycles. The number of nitrogens with zero attached hydrogens (tertiary/aromatic N) is 1. The molecule has 3 nitrogen and oxygen atoms in total. The van der Waals surface area contributed by atoms with Crippen molar-refractivity contribution in [1.29, 1.82) is 0 Å². The van der Waals surface area contributed by atoms with Crippen molar-refractivity contribution in [1.82, 2.24) is 4.98 Å². The van der Waals surface area contributed by atoms with E-state index in [4.69, 9.17) is 4.42 Å². The van der Waals surface area contributed by atoms with E-state index in [1.807, 2.05) is 0 Å². The quantitative estimate of drug-likeness (QED) is 0.169. The molecule has 0 unspecified atom stereocenters. The van der Waals surface area contributed by atoms with Gasteiger partial charge in [-0.3, -0.25) is 0 Å². The number of H-pyrrole nitrogens is 1. The Morgan fingerprint density at radius 3 is 2.10 bits per heavy atom.